The number of hydrogen-bond acceptors (Lipinski definition) is 4. The van der Waals surface area contributed by atoms with E-state index in [9.17, 15) is 9.18 Å². The van der Waals surface area contributed by atoms with Gasteiger partial charge in [0, 0.05) is 31.9 Å². The largest absolute Gasteiger partial charge is 0.370 e. The molecule has 0 unspecified atom stereocenters. The minimum atomic E-state index is -0.224. The Bertz CT molecular complexity index is 938. The molecule has 25 heavy (non-hydrogen) atoms. The Labute approximate surface area is 144 Å². The molecule has 1 aliphatic heterocycles. The molecular formula is C19H19FN4O. The lowest BCUT2D eigenvalue weighted by molar-refractivity contribution is 0.627. The molecule has 5 nitrogen and oxygen atoms in total. The van der Waals surface area contributed by atoms with Gasteiger partial charge in [0.1, 0.15) is 5.82 Å². The maximum Gasteiger partial charge on any atom is 0.260 e. The minimum Gasteiger partial charge on any atom is -0.370 e. The summed E-state index contributed by atoms with van der Waals surface area (Å²) in [6.07, 6.45) is 0.938. The lowest BCUT2D eigenvalue weighted by Crippen LogP contribution is -2.32. The van der Waals surface area contributed by atoms with E-state index in [0.717, 1.165) is 38.3 Å². The van der Waals surface area contributed by atoms with Gasteiger partial charge >= 0.3 is 0 Å². The van der Waals surface area contributed by atoms with Crippen LogP contribution in [0.3, 0.4) is 0 Å². The molecular weight excluding hydrogens is 319 g/mol. The van der Waals surface area contributed by atoms with E-state index >= 15 is 0 Å². The number of rotatable bonds is 2. The van der Waals surface area contributed by atoms with Gasteiger partial charge in [0.25, 0.3) is 5.56 Å². The molecule has 6 heteroatoms. The number of benzene rings is 2. The van der Waals surface area contributed by atoms with Crippen LogP contribution in [0, 0.1) is 5.82 Å². The summed E-state index contributed by atoms with van der Waals surface area (Å²) < 4.78 is 13.1. The highest BCUT2D eigenvalue weighted by Crippen LogP contribution is 2.19. The molecule has 1 saturated heterocycles. The minimum absolute atomic E-state index is 0.111. The first-order valence-electron chi connectivity index (χ1n) is 8.45. The average molecular weight is 338 g/mol. The van der Waals surface area contributed by atoms with Crippen LogP contribution in [0.4, 0.5) is 16.0 Å². The number of anilines is 2. The lowest BCUT2D eigenvalue weighted by Gasteiger charge is -2.24. The molecule has 1 aromatic heterocycles. The molecule has 1 fully saturated rings. The number of nitrogens with zero attached hydrogens (tertiary/aromatic N) is 3. The number of aromatic amines is 1. The van der Waals surface area contributed by atoms with Gasteiger partial charge in [0.15, 0.2) is 0 Å². The lowest BCUT2D eigenvalue weighted by atomic mass is 10.2. The van der Waals surface area contributed by atoms with Crippen LogP contribution in [0.15, 0.2) is 53.3 Å². The zero-order valence-electron chi connectivity index (χ0n) is 13.8. The molecule has 128 valence electrons. The van der Waals surface area contributed by atoms with E-state index in [4.69, 9.17) is 0 Å². The third-order valence-electron chi connectivity index (χ3n) is 4.59. The SMILES string of the molecule is O=c1[nH]c(N2CCCN(c3ccc(F)cc3)CC2)nc2ccccc12. The summed E-state index contributed by atoms with van der Waals surface area (Å²) in [5, 5.41) is 0.606. The first-order chi connectivity index (χ1) is 12.2. The van der Waals surface area contributed by atoms with E-state index in [1.54, 1.807) is 18.2 Å². The van der Waals surface area contributed by atoms with Gasteiger partial charge in [-0.2, -0.15) is 0 Å². The van der Waals surface area contributed by atoms with Crippen LogP contribution in [0.25, 0.3) is 10.9 Å². The third kappa shape index (κ3) is 3.20. The normalized spacial score (nSPS) is 15.4. The maximum atomic E-state index is 13.1. The highest BCUT2D eigenvalue weighted by molar-refractivity contribution is 5.78. The summed E-state index contributed by atoms with van der Waals surface area (Å²) >= 11 is 0. The highest BCUT2D eigenvalue weighted by atomic mass is 19.1. The zero-order chi connectivity index (χ0) is 17.2. The smallest absolute Gasteiger partial charge is 0.260 e. The standard InChI is InChI=1S/C19H19FN4O/c20-14-6-8-15(9-7-14)23-10-3-11-24(13-12-23)19-21-17-5-2-1-4-16(17)18(25)22-19/h1-2,4-9H,3,10-13H2,(H,21,22,25). The van der Waals surface area contributed by atoms with Crippen LogP contribution >= 0.6 is 0 Å². The topological polar surface area (TPSA) is 52.2 Å². The second-order valence-corrected chi connectivity index (χ2v) is 6.21. The maximum absolute atomic E-state index is 13.1. The molecule has 0 bridgehead atoms. The number of halogens is 1. The quantitative estimate of drug-likeness (QED) is 0.781. The van der Waals surface area contributed by atoms with Gasteiger partial charge < -0.3 is 9.80 Å². The molecule has 0 atom stereocenters. The number of nitrogens with one attached hydrogen (secondary N) is 1. The van der Waals surface area contributed by atoms with E-state index in [2.05, 4.69) is 19.8 Å². The number of fused-ring (bicyclic) bond motifs is 1. The van der Waals surface area contributed by atoms with Gasteiger partial charge in [0.2, 0.25) is 5.95 Å². The van der Waals surface area contributed by atoms with Crippen LogP contribution in [0.1, 0.15) is 6.42 Å². The van der Waals surface area contributed by atoms with Crippen molar-refractivity contribution in [3.8, 4) is 0 Å². The molecule has 0 saturated carbocycles. The predicted octanol–water partition coefficient (Wildman–Crippen LogP) is 2.78. The average Bonchev–Trinajstić information content (AvgIpc) is 2.89. The number of hydrogen-bond donors (Lipinski definition) is 1. The van der Waals surface area contributed by atoms with Crippen molar-refractivity contribution in [2.24, 2.45) is 0 Å². The second-order valence-electron chi connectivity index (χ2n) is 6.21. The Morgan fingerprint density at radius 1 is 0.920 bits per heavy atom. The molecule has 0 radical (unpaired) electrons. The van der Waals surface area contributed by atoms with E-state index in [1.165, 1.54) is 12.1 Å². The van der Waals surface area contributed by atoms with Gasteiger partial charge in [-0.25, -0.2) is 9.37 Å². The summed E-state index contributed by atoms with van der Waals surface area (Å²) in [7, 11) is 0. The molecule has 3 aromatic rings. The Balaban J connectivity index is 1.56. The summed E-state index contributed by atoms with van der Waals surface area (Å²) in [4.78, 5) is 24.1. The fourth-order valence-electron chi connectivity index (χ4n) is 3.26. The Morgan fingerprint density at radius 3 is 2.48 bits per heavy atom. The number of aromatic nitrogens is 2. The van der Waals surface area contributed by atoms with E-state index in [-0.39, 0.29) is 11.4 Å². The molecule has 2 heterocycles. The fraction of sp³-hybridized carbons (Fsp3) is 0.263. The van der Waals surface area contributed by atoms with Gasteiger partial charge in [-0.1, -0.05) is 12.1 Å². The third-order valence-corrected chi connectivity index (χ3v) is 4.59. The van der Waals surface area contributed by atoms with Gasteiger partial charge in [-0.3, -0.25) is 9.78 Å². The molecule has 0 aliphatic carbocycles. The first-order valence-corrected chi connectivity index (χ1v) is 8.45. The summed E-state index contributed by atoms with van der Waals surface area (Å²) in [5.41, 5.74) is 1.62. The van der Waals surface area contributed by atoms with E-state index in [1.807, 2.05) is 18.2 Å². The highest BCUT2D eigenvalue weighted by Gasteiger charge is 2.18. The first kappa shape index (κ1) is 15.6. The monoisotopic (exact) mass is 338 g/mol. The van der Waals surface area contributed by atoms with Crippen LogP contribution < -0.4 is 15.4 Å². The fourth-order valence-corrected chi connectivity index (χ4v) is 3.26. The molecule has 0 spiro atoms. The Morgan fingerprint density at radius 2 is 1.64 bits per heavy atom. The molecule has 1 aliphatic rings. The van der Waals surface area contributed by atoms with Crippen molar-refractivity contribution in [3.05, 3.63) is 64.7 Å². The van der Waals surface area contributed by atoms with E-state index < -0.39 is 0 Å². The van der Waals surface area contributed by atoms with E-state index in [0.29, 0.717) is 16.9 Å². The van der Waals surface area contributed by atoms with Crippen LogP contribution in [0.2, 0.25) is 0 Å². The molecule has 0 amide bonds. The van der Waals surface area contributed by atoms with Gasteiger partial charge in [-0.15, -0.1) is 0 Å². The van der Waals surface area contributed by atoms with Crippen molar-refractivity contribution in [2.75, 3.05) is 36.0 Å². The second kappa shape index (κ2) is 6.55. The molecule has 2 aromatic carbocycles. The van der Waals surface area contributed by atoms with Crippen LogP contribution in [-0.4, -0.2) is 36.1 Å². The summed E-state index contributed by atoms with van der Waals surface area (Å²) in [6, 6.07) is 14.0. The Kier molecular flexibility index (Phi) is 4.09. The van der Waals surface area contributed by atoms with Crippen molar-refractivity contribution in [3.63, 3.8) is 0 Å². The molecule has 4 rings (SSSR count). The van der Waals surface area contributed by atoms with Gasteiger partial charge in [-0.05, 0) is 42.8 Å². The summed E-state index contributed by atoms with van der Waals surface area (Å²) in [5.74, 6) is 0.391. The van der Waals surface area contributed by atoms with Crippen molar-refractivity contribution in [1.29, 1.82) is 0 Å². The van der Waals surface area contributed by atoms with Crippen LogP contribution in [0.5, 0.6) is 0 Å². The van der Waals surface area contributed by atoms with Crippen LogP contribution in [-0.2, 0) is 0 Å². The predicted molar refractivity (Wildman–Crippen MR) is 97.8 cm³/mol. The number of H-pyrrole nitrogens is 1. The Hall–Kier alpha value is -2.89. The van der Waals surface area contributed by atoms with Crippen molar-refractivity contribution in [2.45, 2.75) is 6.42 Å². The zero-order valence-corrected chi connectivity index (χ0v) is 13.8. The van der Waals surface area contributed by atoms with Crippen molar-refractivity contribution >= 4 is 22.5 Å². The van der Waals surface area contributed by atoms with Crippen molar-refractivity contribution in [1.82, 2.24) is 9.97 Å². The van der Waals surface area contributed by atoms with Gasteiger partial charge in [0.05, 0.1) is 10.9 Å². The number of para-hydroxylation sites is 1. The summed E-state index contributed by atoms with van der Waals surface area (Å²) in [6.45, 7) is 3.25. The molecule has 1 N–H and O–H groups in total. The van der Waals surface area contributed by atoms with Crippen molar-refractivity contribution < 1.29 is 4.39 Å².